The lowest BCUT2D eigenvalue weighted by Crippen LogP contribution is -2.11. The summed E-state index contributed by atoms with van der Waals surface area (Å²) >= 11 is 2.88. The van der Waals surface area contributed by atoms with E-state index in [1.54, 1.807) is 0 Å². The molecule has 0 saturated carbocycles. The molecule has 0 atom stereocenters. The standard InChI is InChI=1S/C9H6BrF3O3/c10-3-4-5(11)1-2-6(16-9(12)13)7(4)8(14)15/h1-2,9H,3H2,(H,14,15). The first-order chi connectivity index (χ1) is 7.47. The summed E-state index contributed by atoms with van der Waals surface area (Å²) in [6, 6.07) is 1.73. The molecule has 0 aromatic heterocycles. The first kappa shape index (κ1) is 12.8. The van der Waals surface area contributed by atoms with Crippen molar-refractivity contribution in [2.75, 3.05) is 0 Å². The van der Waals surface area contributed by atoms with Gasteiger partial charge in [0.2, 0.25) is 0 Å². The number of carbonyl (C=O) groups is 1. The average Bonchev–Trinajstić information content (AvgIpc) is 2.18. The van der Waals surface area contributed by atoms with Crippen molar-refractivity contribution in [1.82, 2.24) is 0 Å². The molecule has 1 aromatic rings. The van der Waals surface area contributed by atoms with Gasteiger partial charge in [0.15, 0.2) is 0 Å². The summed E-state index contributed by atoms with van der Waals surface area (Å²) in [7, 11) is 0. The Hall–Kier alpha value is -1.24. The van der Waals surface area contributed by atoms with Crippen LogP contribution in [0.2, 0.25) is 0 Å². The van der Waals surface area contributed by atoms with Crippen molar-refractivity contribution in [2.24, 2.45) is 0 Å². The summed E-state index contributed by atoms with van der Waals surface area (Å²) in [5, 5.41) is 8.69. The van der Waals surface area contributed by atoms with Crippen molar-refractivity contribution in [3.05, 3.63) is 29.1 Å². The molecule has 0 aliphatic heterocycles. The molecule has 1 rings (SSSR count). The average molecular weight is 299 g/mol. The van der Waals surface area contributed by atoms with E-state index < -0.39 is 29.7 Å². The Kier molecular flexibility index (Phi) is 4.17. The van der Waals surface area contributed by atoms with Crippen molar-refractivity contribution in [3.63, 3.8) is 0 Å². The minimum absolute atomic E-state index is 0.110. The highest BCUT2D eigenvalue weighted by Crippen LogP contribution is 2.28. The van der Waals surface area contributed by atoms with Crippen LogP contribution in [0.1, 0.15) is 15.9 Å². The molecule has 16 heavy (non-hydrogen) atoms. The van der Waals surface area contributed by atoms with Crippen LogP contribution in [0.15, 0.2) is 12.1 Å². The van der Waals surface area contributed by atoms with E-state index in [1.165, 1.54) is 0 Å². The number of rotatable bonds is 4. The van der Waals surface area contributed by atoms with Crippen LogP contribution in [0.25, 0.3) is 0 Å². The molecule has 0 unspecified atom stereocenters. The van der Waals surface area contributed by atoms with E-state index in [4.69, 9.17) is 5.11 Å². The van der Waals surface area contributed by atoms with Crippen molar-refractivity contribution in [2.45, 2.75) is 11.9 Å². The maximum absolute atomic E-state index is 13.2. The summed E-state index contributed by atoms with van der Waals surface area (Å²) < 4.78 is 41.2. The van der Waals surface area contributed by atoms with Gasteiger partial charge in [-0.2, -0.15) is 8.78 Å². The smallest absolute Gasteiger partial charge is 0.387 e. The molecule has 0 bridgehead atoms. The molecule has 0 radical (unpaired) electrons. The maximum atomic E-state index is 13.2. The van der Waals surface area contributed by atoms with E-state index >= 15 is 0 Å². The second-order valence-electron chi connectivity index (χ2n) is 2.72. The molecular weight excluding hydrogens is 293 g/mol. The van der Waals surface area contributed by atoms with Gasteiger partial charge in [-0.3, -0.25) is 0 Å². The zero-order valence-electron chi connectivity index (χ0n) is 7.71. The van der Waals surface area contributed by atoms with Crippen LogP contribution in [0.4, 0.5) is 13.2 Å². The quantitative estimate of drug-likeness (QED) is 0.869. The number of ether oxygens (including phenoxy) is 1. The Balaban J connectivity index is 3.33. The highest BCUT2D eigenvalue weighted by Gasteiger charge is 2.21. The minimum Gasteiger partial charge on any atom is -0.478 e. The van der Waals surface area contributed by atoms with Gasteiger partial charge in [0, 0.05) is 10.9 Å². The van der Waals surface area contributed by atoms with Gasteiger partial charge in [-0.1, -0.05) is 15.9 Å². The molecule has 0 heterocycles. The SMILES string of the molecule is O=C(O)c1c(OC(F)F)ccc(F)c1CBr. The zero-order valence-corrected chi connectivity index (χ0v) is 9.30. The van der Waals surface area contributed by atoms with E-state index in [-0.39, 0.29) is 10.9 Å². The number of hydrogen-bond donors (Lipinski definition) is 1. The Morgan fingerprint density at radius 3 is 2.56 bits per heavy atom. The summed E-state index contributed by atoms with van der Waals surface area (Å²) in [5.74, 6) is -2.88. The number of alkyl halides is 3. The highest BCUT2D eigenvalue weighted by molar-refractivity contribution is 9.08. The van der Waals surface area contributed by atoms with Crippen LogP contribution < -0.4 is 4.74 Å². The van der Waals surface area contributed by atoms with Crippen LogP contribution in [0, 0.1) is 5.82 Å². The Morgan fingerprint density at radius 2 is 2.12 bits per heavy atom. The molecule has 88 valence electrons. The van der Waals surface area contributed by atoms with E-state index in [2.05, 4.69) is 20.7 Å². The lowest BCUT2D eigenvalue weighted by molar-refractivity contribution is -0.0504. The number of carboxylic acid groups (broad SMARTS) is 1. The van der Waals surface area contributed by atoms with E-state index in [0.29, 0.717) is 0 Å². The largest absolute Gasteiger partial charge is 0.478 e. The molecule has 0 aliphatic carbocycles. The van der Waals surface area contributed by atoms with E-state index in [0.717, 1.165) is 12.1 Å². The molecule has 0 aliphatic rings. The van der Waals surface area contributed by atoms with Crippen molar-refractivity contribution < 1.29 is 27.8 Å². The molecule has 1 aromatic carbocycles. The van der Waals surface area contributed by atoms with Gasteiger partial charge in [0.25, 0.3) is 0 Å². The number of hydrogen-bond acceptors (Lipinski definition) is 2. The minimum atomic E-state index is -3.16. The zero-order chi connectivity index (χ0) is 12.3. The molecule has 0 spiro atoms. The van der Waals surface area contributed by atoms with Crippen LogP contribution in [0.5, 0.6) is 5.75 Å². The maximum Gasteiger partial charge on any atom is 0.387 e. The summed E-state index contributed by atoms with van der Waals surface area (Å²) in [4.78, 5) is 10.8. The third kappa shape index (κ3) is 2.66. The lowest BCUT2D eigenvalue weighted by Gasteiger charge is -2.11. The molecule has 0 amide bonds. The second kappa shape index (κ2) is 5.20. The van der Waals surface area contributed by atoms with Crippen molar-refractivity contribution in [3.8, 4) is 5.75 Å². The number of aromatic carboxylic acids is 1. The monoisotopic (exact) mass is 298 g/mol. The van der Waals surface area contributed by atoms with E-state index in [9.17, 15) is 18.0 Å². The Morgan fingerprint density at radius 1 is 1.50 bits per heavy atom. The van der Waals surface area contributed by atoms with Crippen molar-refractivity contribution >= 4 is 21.9 Å². The normalized spacial score (nSPS) is 10.6. The van der Waals surface area contributed by atoms with Crippen molar-refractivity contribution in [1.29, 1.82) is 0 Å². The van der Waals surface area contributed by atoms with Gasteiger partial charge in [-0.25, -0.2) is 9.18 Å². The Labute approximate surface area is 97.0 Å². The first-order valence-electron chi connectivity index (χ1n) is 4.02. The van der Waals surface area contributed by atoms with Crippen LogP contribution in [-0.4, -0.2) is 17.7 Å². The molecule has 7 heteroatoms. The van der Waals surface area contributed by atoms with Crippen LogP contribution >= 0.6 is 15.9 Å². The summed E-state index contributed by atoms with van der Waals surface area (Å²) in [6.07, 6.45) is 0. The van der Waals surface area contributed by atoms with Crippen LogP contribution in [-0.2, 0) is 5.33 Å². The summed E-state index contributed by atoms with van der Waals surface area (Å²) in [6.45, 7) is -3.16. The Bertz CT molecular complexity index is 409. The highest BCUT2D eigenvalue weighted by atomic mass is 79.9. The molecule has 3 nitrogen and oxygen atoms in total. The third-order valence-electron chi connectivity index (χ3n) is 1.78. The van der Waals surface area contributed by atoms with Gasteiger partial charge in [-0.05, 0) is 12.1 Å². The molecular formula is C9H6BrF3O3. The molecule has 0 saturated heterocycles. The predicted octanol–water partition coefficient (Wildman–Crippen LogP) is 3.02. The van der Waals surface area contributed by atoms with Gasteiger partial charge < -0.3 is 9.84 Å². The predicted molar refractivity (Wildman–Crippen MR) is 52.6 cm³/mol. The lowest BCUT2D eigenvalue weighted by atomic mass is 10.1. The fraction of sp³-hybridized carbons (Fsp3) is 0.222. The van der Waals surface area contributed by atoms with Gasteiger partial charge in [-0.15, -0.1) is 0 Å². The first-order valence-corrected chi connectivity index (χ1v) is 5.15. The third-order valence-corrected chi connectivity index (χ3v) is 2.34. The number of halogens is 4. The second-order valence-corrected chi connectivity index (χ2v) is 3.28. The number of benzene rings is 1. The fourth-order valence-corrected chi connectivity index (χ4v) is 1.71. The molecule has 0 fully saturated rings. The topological polar surface area (TPSA) is 46.5 Å². The number of carboxylic acids is 1. The van der Waals surface area contributed by atoms with Gasteiger partial charge >= 0.3 is 12.6 Å². The van der Waals surface area contributed by atoms with E-state index in [1.807, 2.05) is 0 Å². The molecule has 1 N–H and O–H groups in total. The van der Waals surface area contributed by atoms with Crippen LogP contribution in [0.3, 0.4) is 0 Å². The summed E-state index contributed by atoms with van der Waals surface area (Å²) in [5.41, 5.74) is -0.831. The van der Waals surface area contributed by atoms with Gasteiger partial charge in [0.05, 0.1) is 0 Å². The fourth-order valence-electron chi connectivity index (χ4n) is 1.16. The van der Waals surface area contributed by atoms with Gasteiger partial charge in [0.1, 0.15) is 17.1 Å².